The third-order valence-electron chi connectivity index (χ3n) is 6.74. The molecule has 34 heavy (non-hydrogen) atoms. The van der Waals surface area contributed by atoms with Crippen molar-refractivity contribution in [2.24, 2.45) is 5.73 Å². The number of nitrogens with two attached hydrogens (primary N) is 1. The highest BCUT2D eigenvalue weighted by Crippen LogP contribution is 2.46. The van der Waals surface area contributed by atoms with Gasteiger partial charge in [-0.05, 0) is 49.0 Å². The summed E-state index contributed by atoms with van der Waals surface area (Å²) in [4.78, 5) is 25.9. The maximum Gasteiger partial charge on any atom is 0.409 e. The zero-order valence-corrected chi connectivity index (χ0v) is 19.5. The van der Waals surface area contributed by atoms with E-state index in [0.717, 1.165) is 31.2 Å². The summed E-state index contributed by atoms with van der Waals surface area (Å²) in [6.45, 7) is 0.0328. The molecule has 1 amide bonds. The first-order valence-electron chi connectivity index (χ1n) is 11.5. The number of ketones is 1. The topological polar surface area (TPSA) is 109 Å². The number of amides is 1. The second-order valence-corrected chi connectivity index (χ2v) is 8.96. The van der Waals surface area contributed by atoms with Crippen LogP contribution in [-0.4, -0.2) is 49.5 Å². The standard InChI is InChI=1S/C25H31FN2O6/c1-31-24(26)14-18-12-13-23(27,28-22(30)33-16-17-8-4-3-5-9-17)21(29)20(18)15-25(24,32-2)34-19-10-6-7-11-19/h3-5,8-9,14-15,19H,6-7,10-13,16,27H2,1-2H3,(H,28,30)/t23-,24+,25+/m1/s1. The lowest BCUT2D eigenvalue weighted by molar-refractivity contribution is -0.330. The summed E-state index contributed by atoms with van der Waals surface area (Å²) in [7, 11) is 2.53. The Hall–Kier alpha value is -2.59. The Kier molecular flexibility index (Phi) is 6.91. The average molecular weight is 475 g/mol. The number of hydrogen-bond donors (Lipinski definition) is 2. The molecule has 0 spiro atoms. The molecule has 4 rings (SSSR count). The van der Waals surface area contributed by atoms with E-state index in [-0.39, 0.29) is 31.1 Å². The zero-order chi connectivity index (χ0) is 24.4. The molecule has 3 aliphatic rings. The summed E-state index contributed by atoms with van der Waals surface area (Å²) >= 11 is 0. The number of halogens is 1. The van der Waals surface area contributed by atoms with Crippen LogP contribution in [0.3, 0.4) is 0 Å². The Labute approximate surface area is 198 Å². The van der Waals surface area contributed by atoms with Crippen molar-refractivity contribution in [1.29, 1.82) is 0 Å². The maximum absolute atomic E-state index is 16.0. The van der Waals surface area contributed by atoms with Gasteiger partial charge in [-0.3, -0.25) is 10.1 Å². The minimum atomic E-state index is -2.43. The van der Waals surface area contributed by atoms with Gasteiger partial charge in [0.2, 0.25) is 5.78 Å². The fourth-order valence-electron chi connectivity index (χ4n) is 4.76. The SMILES string of the molecule is CO[C@]1(OC2CCCC2)C=C2C(=O)[C@](N)(NC(=O)OCc3ccccc3)CCC2=C[C@]1(F)OC. The number of rotatable bonds is 7. The fraction of sp³-hybridized carbons (Fsp3) is 0.520. The highest BCUT2D eigenvalue weighted by molar-refractivity contribution is 6.08. The van der Waals surface area contributed by atoms with Gasteiger partial charge >= 0.3 is 6.09 Å². The lowest BCUT2D eigenvalue weighted by Crippen LogP contribution is -2.65. The van der Waals surface area contributed by atoms with E-state index < -0.39 is 29.2 Å². The molecule has 0 saturated heterocycles. The van der Waals surface area contributed by atoms with Crippen LogP contribution in [0.2, 0.25) is 0 Å². The van der Waals surface area contributed by atoms with Crippen molar-refractivity contribution in [2.75, 3.05) is 14.2 Å². The monoisotopic (exact) mass is 474 g/mol. The van der Waals surface area contributed by atoms with Gasteiger partial charge < -0.3 is 24.7 Å². The van der Waals surface area contributed by atoms with Crippen LogP contribution >= 0.6 is 0 Å². The van der Waals surface area contributed by atoms with Gasteiger partial charge in [0.05, 0.1) is 6.10 Å². The van der Waals surface area contributed by atoms with Crippen molar-refractivity contribution in [1.82, 2.24) is 5.32 Å². The van der Waals surface area contributed by atoms with E-state index in [0.29, 0.717) is 5.57 Å². The molecular weight excluding hydrogens is 443 g/mol. The van der Waals surface area contributed by atoms with Crippen molar-refractivity contribution in [3.05, 3.63) is 59.2 Å². The number of fused-ring (bicyclic) bond motifs is 1. The Morgan fingerprint density at radius 3 is 2.50 bits per heavy atom. The van der Waals surface area contributed by atoms with Gasteiger partial charge in [0.1, 0.15) is 6.61 Å². The Bertz CT molecular complexity index is 992. The van der Waals surface area contributed by atoms with Crippen LogP contribution in [-0.2, 0) is 30.3 Å². The molecule has 8 nitrogen and oxygen atoms in total. The fourth-order valence-corrected chi connectivity index (χ4v) is 4.76. The molecule has 0 unspecified atom stereocenters. The number of benzene rings is 1. The van der Waals surface area contributed by atoms with Crippen molar-refractivity contribution in [2.45, 2.75) is 68.5 Å². The number of nitrogens with one attached hydrogen (secondary N) is 1. The van der Waals surface area contributed by atoms with Crippen molar-refractivity contribution in [3.8, 4) is 0 Å². The summed E-state index contributed by atoms with van der Waals surface area (Å²) in [5, 5.41) is 2.49. The van der Waals surface area contributed by atoms with E-state index in [1.165, 1.54) is 26.4 Å². The van der Waals surface area contributed by atoms with E-state index in [1.54, 1.807) is 0 Å². The number of carbonyl (C=O) groups is 2. The second kappa shape index (κ2) is 9.58. The van der Waals surface area contributed by atoms with Crippen molar-refractivity contribution in [3.63, 3.8) is 0 Å². The van der Waals surface area contributed by atoms with Gasteiger partial charge in [-0.15, -0.1) is 0 Å². The van der Waals surface area contributed by atoms with Gasteiger partial charge in [-0.25, -0.2) is 9.18 Å². The summed E-state index contributed by atoms with van der Waals surface area (Å²) in [6, 6.07) is 9.14. The summed E-state index contributed by atoms with van der Waals surface area (Å²) in [5.41, 5.74) is 5.99. The second-order valence-electron chi connectivity index (χ2n) is 8.96. The molecule has 1 aromatic carbocycles. The molecule has 1 aromatic rings. The van der Waals surface area contributed by atoms with Gasteiger partial charge in [0.25, 0.3) is 11.6 Å². The molecule has 0 aliphatic heterocycles. The molecule has 0 radical (unpaired) electrons. The van der Waals surface area contributed by atoms with E-state index in [2.05, 4.69) is 5.32 Å². The number of allylic oxidation sites excluding steroid dienone is 1. The molecule has 2 fully saturated rings. The molecule has 3 atom stereocenters. The van der Waals surface area contributed by atoms with Gasteiger partial charge in [0, 0.05) is 19.8 Å². The molecular formula is C25H31FN2O6. The largest absolute Gasteiger partial charge is 0.445 e. The molecule has 0 heterocycles. The van der Waals surface area contributed by atoms with Crippen LogP contribution in [0.5, 0.6) is 0 Å². The molecule has 3 aliphatic carbocycles. The highest BCUT2D eigenvalue weighted by atomic mass is 19.2. The lowest BCUT2D eigenvalue weighted by atomic mass is 9.75. The first-order valence-corrected chi connectivity index (χ1v) is 11.5. The first kappa shape index (κ1) is 24.5. The number of alkyl halides is 1. The van der Waals surface area contributed by atoms with Gasteiger partial charge in [-0.2, -0.15) is 0 Å². The van der Waals surface area contributed by atoms with Crippen LogP contribution in [0.4, 0.5) is 9.18 Å². The van der Waals surface area contributed by atoms with E-state index in [1.807, 2.05) is 30.3 Å². The number of alkyl carbamates (subject to hydrolysis) is 1. The highest BCUT2D eigenvalue weighted by Gasteiger charge is 2.59. The van der Waals surface area contributed by atoms with Crippen LogP contribution in [0.15, 0.2) is 53.6 Å². The number of Topliss-reactive ketones (excluding diaryl/α,β-unsaturated/α-hetero) is 1. The predicted octanol–water partition coefficient (Wildman–Crippen LogP) is 3.41. The van der Waals surface area contributed by atoms with Gasteiger partial charge in [0.15, 0.2) is 5.66 Å². The van der Waals surface area contributed by atoms with Crippen LogP contribution in [0, 0.1) is 0 Å². The number of hydrogen-bond acceptors (Lipinski definition) is 7. The van der Waals surface area contributed by atoms with Crippen molar-refractivity contribution >= 4 is 11.9 Å². The molecule has 0 bridgehead atoms. The quantitative estimate of drug-likeness (QED) is 0.583. The minimum Gasteiger partial charge on any atom is -0.445 e. The van der Waals surface area contributed by atoms with E-state index in [9.17, 15) is 9.59 Å². The number of methoxy groups -OCH3 is 2. The minimum absolute atomic E-state index is 0.0328. The summed E-state index contributed by atoms with van der Waals surface area (Å²) in [5.74, 6) is -4.96. The molecule has 184 valence electrons. The molecule has 3 N–H and O–H groups in total. The summed E-state index contributed by atoms with van der Waals surface area (Å²) < 4.78 is 38.1. The first-order chi connectivity index (χ1) is 16.2. The molecule has 9 heteroatoms. The number of carbonyl (C=O) groups excluding carboxylic acids is 2. The smallest absolute Gasteiger partial charge is 0.409 e. The van der Waals surface area contributed by atoms with Crippen LogP contribution in [0.25, 0.3) is 0 Å². The predicted molar refractivity (Wildman–Crippen MR) is 121 cm³/mol. The zero-order valence-electron chi connectivity index (χ0n) is 19.5. The Morgan fingerprint density at radius 2 is 1.85 bits per heavy atom. The van der Waals surface area contributed by atoms with Crippen LogP contribution in [0.1, 0.15) is 44.1 Å². The van der Waals surface area contributed by atoms with Crippen LogP contribution < -0.4 is 11.1 Å². The third kappa shape index (κ3) is 4.53. The Balaban J connectivity index is 1.55. The maximum atomic E-state index is 16.0. The Morgan fingerprint density at radius 1 is 1.15 bits per heavy atom. The normalized spacial score (nSPS) is 31.5. The van der Waals surface area contributed by atoms with E-state index >= 15 is 4.39 Å². The lowest BCUT2D eigenvalue weighted by Gasteiger charge is -2.45. The molecule has 0 aromatic heterocycles. The van der Waals surface area contributed by atoms with E-state index in [4.69, 9.17) is 24.7 Å². The van der Waals surface area contributed by atoms with Gasteiger partial charge in [-0.1, -0.05) is 43.2 Å². The molecule has 2 saturated carbocycles. The summed E-state index contributed by atoms with van der Waals surface area (Å²) in [6.07, 6.45) is 5.25. The third-order valence-corrected chi connectivity index (χ3v) is 6.74. The average Bonchev–Trinajstić information content (AvgIpc) is 3.35. The van der Waals surface area contributed by atoms with Crippen molar-refractivity contribution < 1.29 is 32.9 Å². The number of ether oxygens (including phenoxy) is 4.